The average molecular weight is 496 g/mol. The molecule has 4 rings (SSSR count). The van der Waals surface area contributed by atoms with E-state index in [2.05, 4.69) is 31.0 Å². The number of anilines is 1. The van der Waals surface area contributed by atoms with Gasteiger partial charge in [0.1, 0.15) is 0 Å². The van der Waals surface area contributed by atoms with Crippen molar-refractivity contribution in [1.82, 2.24) is 14.5 Å². The van der Waals surface area contributed by atoms with Crippen LogP contribution >= 0.6 is 46.9 Å². The van der Waals surface area contributed by atoms with Crippen molar-refractivity contribution in [3.8, 4) is 0 Å². The molecular weight excluding hydrogens is 475 g/mol. The second-order valence-electron chi connectivity index (χ2n) is 7.09. The molecule has 2 aromatic heterocycles. The maximum Gasteiger partial charge on any atom is 0.261 e. The molecule has 1 amide bonds. The van der Waals surface area contributed by atoms with Crippen molar-refractivity contribution < 1.29 is 4.79 Å². The summed E-state index contributed by atoms with van der Waals surface area (Å²) in [4.78, 5) is 24.0. The summed E-state index contributed by atoms with van der Waals surface area (Å²) in [5.74, 6) is -0.185. The van der Waals surface area contributed by atoms with Gasteiger partial charge >= 0.3 is 0 Å². The van der Waals surface area contributed by atoms with Gasteiger partial charge in [-0.1, -0.05) is 40.6 Å². The molecule has 5 nitrogen and oxygen atoms in total. The molecule has 0 N–H and O–H groups in total. The van der Waals surface area contributed by atoms with Crippen LogP contribution in [0, 0.1) is 13.8 Å². The van der Waals surface area contributed by atoms with Gasteiger partial charge in [-0.2, -0.15) is 0 Å². The smallest absolute Gasteiger partial charge is 0.261 e. The third-order valence-corrected chi connectivity index (χ3v) is 6.66. The van der Waals surface area contributed by atoms with Crippen molar-refractivity contribution in [3.63, 3.8) is 0 Å². The van der Waals surface area contributed by atoms with E-state index in [9.17, 15) is 4.79 Å². The molecule has 0 saturated heterocycles. The van der Waals surface area contributed by atoms with E-state index in [-0.39, 0.29) is 18.3 Å². The van der Waals surface area contributed by atoms with E-state index in [4.69, 9.17) is 28.2 Å². The number of aryl methyl sites for hydroxylation is 3. The van der Waals surface area contributed by atoms with Gasteiger partial charge in [0.25, 0.3) is 5.91 Å². The Morgan fingerprint density at radius 3 is 2.71 bits per heavy atom. The molecule has 0 atom stereocenters. The Bertz CT molecular complexity index is 1210. The molecule has 162 valence electrons. The number of aromatic nitrogens is 3. The molecule has 2 heterocycles. The van der Waals surface area contributed by atoms with Crippen LogP contribution in [0.25, 0.3) is 10.2 Å². The van der Waals surface area contributed by atoms with Gasteiger partial charge in [0, 0.05) is 30.5 Å². The minimum Gasteiger partial charge on any atom is -0.337 e. The highest BCUT2D eigenvalue weighted by molar-refractivity contribution is 7.22. The molecule has 0 fully saturated rings. The Kier molecular flexibility index (Phi) is 7.59. The van der Waals surface area contributed by atoms with Crippen LogP contribution in [0.4, 0.5) is 5.13 Å². The van der Waals surface area contributed by atoms with Crippen LogP contribution in [0.2, 0.25) is 10.0 Å². The van der Waals surface area contributed by atoms with Crippen LogP contribution < -0.4 is 4.90 Å². The summed E-state index contributed by atoms with van der Waals surface area (Å²) in [6.07, 6.45) is 6.18. The third kappa shape index (κ3) is 5.04. The van der Waals surface area contributed by atoms with Crippen molar-refractivity contribution in [2.24, 2.45) is 0 Å². The summed E-state index contributed by atoms with van der Waals surface area (Å²) >= 11 is 13.9. The normalized spacial score (nSPS) is 10.8. The number of hydrogen-bond acceptors (Lipinski definition) is 4. The summed E-state index contributed by atoms with van der Waals surface area (Å²) in [5.41, 5.74) is 3.66. The fraction of sp³-hybridized carbons (Fsp3) is 0.227. The maximum absolute atomic E-state index is 13.4. The molecule has 0 saturated carbocycles. The number of hydrogen-bond donors (Lipinski definition) is 0. The maximum atomic E-state index is 13.4. The number of thiazole rings is 1. The van der Waals surface area contributed by atoms with Crippen LogP contribution in [0.1, 0.15) is 27.9 Å². The minimum atomic E-state index is -0.185. The molecule has 9 heteroatoms. The predicted molar refractivity (Wildman–Crippen MR) is 131 cm³/mol. The highest BCUT2D eigenvalue weighted by Crippen LogP contribution is 2.33. The van der Waals surface area contributed by atoms with E-state index in [0.29, 0.717) is 27.3 Å². The molecule has 0 aliphatic heterocycles. The minimum absolute atomic E-state index is 0. The standard InChI is InChI=1S/C22H20Cl2N4OS.ClH/c1-14-4-7-19-20(15(14)2)26-22(30-19)28(10-3-9-27-11-8-25-13-27)21(29)17-6-5-16(23)12-18(17)24;/h4-8,11-13H,3,9-10H2,1-2H3;1H. The first kappa shape index (κ1) is 23.5. The Labute approximate surface area is 201 Å². The molecule has 31 heavy (non-hydrogen) atoms. The number of rotatable bonds is 6. The summed E-state index contributed by atoms with van der Waals surface area (Å²) in [7, 11) is 0. The quantitative estimate of drug-likeness (QED) is 0.304. The Hall–Kier alpha value is -2.12. The van der Waals surface area contributed by atoms with Gasteiger partial charge in [-0.25, -0.2) is 9.97 Å². The summed E-state index contributed by atoms with van der Waals surface area (Å²) in [6, 6.07) is 9.07. The van der Waals surface area contributed by atoms with Gasteiger partial charge in [-0.3, -0.25) is 9.69 Å². The van der Waals surface area contributed by atoms with Gasteiger partial charge in [-0.15, -0.1) is 12.4 Å². The van der Waals surface area contributed by atoms with E-state index in [1.807, 2.05) is 10.8 Å². The number of nitrogens with zero attached hydrogens (tertiary/aromatic N) is 4. The molecule has 4 aromatic rings. The SMILES string of the molecule is Cc1ccc2sc(N(CCCn3ccnc3)C(=O)c3ccc(Cl)cc3Cl)nc2c1C.Cl. The molecule has 2 aromatic carbocycles. The van der Waals surface area contributed by atoms with Crippen LogP contribution in [-0.2, 0) is 6.54 Å². The first-order chi connectivity index (χ1) is 14.4. The fourth-order valence-electron chi connectivity index (χ4n) is 3.25. The highest BCUT2D eigenvalue weighted by atomic mass is 35.5. The van der Waals surface area contributed by atoms with E-state index >= 15 is 0 Å². The summed E-state index contributed by atoms with van der Waals surface area (Å²) in [6.45, 7) is 5.38. The number of amides is 1. The number of halogens is 3. The van der Waals surface area contributed by atoms with Crippen molar-refractivity contribution in [2.75, 3.05) is 11.4 Å². The number of carbonyl (C=O) groups is 1. The summed E-state index contributed by atoms with van der Waals surface area (Å²) < 4.78 is 3.05. The van der Waals surface area contributed by atoms with E-state index < -0.39 is 0 Å². The zero-order valence-corrected chi connectivity index (χ0v) is 20.2. The molecule has 0 aliphatic rings. The Morgan fingerprint density at radius 2 is 2.00 bits per heavy atom. The monoisotopic (exact) mass is 494 g/mol. The predicted octanol–water partition coefficient (Wildman–Crippen LogP) is 6.58. The zero-order valence-electron chi connectivity index (χ0n) is 17.0. The topological polar surface area (TPSA) is 51.0 Å². The molecule has 0 bridgehead atoms. The van der Waals surface area contributed by atoms with Gasteiger partial charge < -0.3 is 4.57 Å². The van der Waals surface area contributed by atoms with Gasteiger partial charge in [0.2, 0.25) is 0 Å². The lowest BCUT2D eigenvalue weighted by molar-refractivity contribution is 0.0986. The van der Waals surface area contributed by atoms with Crippen LogP contribution in [0.5, 0.6) is 0 Å². The van der Waals surface area contributed by atoms with E-state index in [0.717, 1.165) is 28.7 Å². The molecule has 0 spiro atoms. The lowest BCUT2D eigenvalue weighted by Crippen LogP contribution is -2.32. The van der Waals surface area contributed by atoms with Gasteiger partial charge in [0.15, 0.2) is 5.13 Å². The Morgan fingerprint density at radius 1 is 1.19 bits per heavy atom. The zero-order chi connectivity index (χ0) is 21.3. The highest BCUT2D eigenvalue weighted by Gasteiger charge is 2.23. The second kappa shape index (κ2) is 10.0. The van der Waals surface area contributed by atoms with Gasteiger partial charge in [0.05, 0.1) is 27.1 Å². The lowest BCUT2D eigenvalue weighted by Gasteiger charge is -2.20. The third-order valence-electron chi connectivity index (χ3n) is 5.07. The van der Waals surface area contributed by atoms with Crippen LogP contribution in [0.3, 0.4) is 0 Å². The van der Waals surface area contributed by atoms with E-state index in [1.165, 1.54) is 16.9 Å². The first-order valence-corrected chi connectivity index (χ1v) is 11.1. The number of fused-ring (bicyclic) bond motifs is 1. The summed E-state index contributed by atoms with van der Waals surface area (Å²) in [5, 5.41) is 1.50. The lowest BCUT2D eigenvalue weighted by atomic mass is 10.1. The molecule has 0 aliphatic carbocycles. The number of benzene rings is 2. The van der Waals surface area contributed by atoms with Gasteiger partial charge in [-0.05, 0) is 55.7 Å². The number of imidazole rings is 1. The van der Waals surface area contributed by atoms with Crippen LogP contribution in [-0.4, -0.2) is 27.0 Å². The van der Waals surface area contributed by atoms with Crippen molar-refractivity contribution in [3.05, 3.63) is 75.8 Å². The average Bonchev–Trinajstić information content (AvgIpc) is 3.38. The second-order valence-corrected chi connectivity index (χ2v) is 8.94. The van der Waals surface area contributed by atoms with Crippen LogP contribution in [0.15, 0.2) is 49.1 Å². The van der Waals surface area contributed by atoms with Crippen molar-refractivity contribution in [1.29, 1.82) is 0 Å². The van der Waals surface area contributed by atoms with E-state index in [1.54, 1.807) is 35.6 Å². The van der Waals surface area contributed by atoms with Crippen molar-refractivity contribution in [2.45, 2.75) is 26.8 Å². The molecule has 0 unspecified atom stereocenters. The number of carbonyl (C=O) groups excluding carboxylic acids is 1. The fourth-order valence-corrected chi connectivity index (χ4v) is 4.79. The first-order valence-electron chi connectivity index (χ1n) is 9.53. The Balaban J connectivity index is 0.00000272. The van der Waals surface area contributed by atoms with Crippen molar-refractivity contribution >= 4 is 68.2 Å². The molecule has 0 radical (unpaired) electrons. The molecular formula is C22H21Cl3N4OS. The largest absolute Gasteiger partial charge is 0.337 e.